The average Bonchev–Trinajstić information content (AvgIpc) is 2.41. The molecule has 2 aromatic rings. The zero-order chi connectivity index (χ0) is 14.0. The molecule has 2 aromatic carbocycles. The molecule has 0 fully saturated rings. The normalized spacial score (nSPS) is 10.3. The number of ether oxygens (including phenoxy) is 1. The molecule has 3 nitrogen and oxygen atoms in total. The minimum Gasteiger partial charge on any atom is -0.465 e. The van der Waals surface area contributed by atoms with Crippen molar-refractivity contribution in [2.45, 2.75) is 13.8 Å². The first-order chi connectivity index (χ1) is 9.02. The van der Waals surface area contributed by atoms with Gasteiger partial charge in [-0.2, -0.15) is 0 Å². The number of carbonyl (C=O) groups excluding carboxylic acids is 1. The van der Waals surface area contributed by atoms with Crippen molar-refractivity contribution >= 4 is 11.7 Å². The summed E-state index contributed by atoms with van der Waals surface area (Å²) < 4.78 is 4.68. The highest BCUT2D eigenvalue weighted by Gasteiger charge is 2.10. The van der Waals surface area contributed by atoms with E-state index in [0.29, 0.717) is 11.3 Å². The van der Waals surface area contributed by atoms with Crippen molar-refractivity contribution in [2.75, 3.05) is 12.8 Å². The van der Waals surface area contributed by atoms with Crippen LogP contribution in [0.15, 0.2) is 36.4 Å². The Hall–Kier alpha value is -2.29. The van der Waals surface area contributed by atoms with Crippen LogP contribution in [-0.4, -0.2) is 13.1 Å². The summed E-state index contributed by atoms with van der Waals surface area (Å²) in [4.78, 5) is 11.5. The van der Waals surface area contributed by atoms with Gasteiger partial charge in [0.25, 0.3) is 0 Å². The Labute approximate surface area is 113 Å². The number of nitrogens with two attached hydrogens (primary N) is 1. The summed E-state index contributed by atoms with van der Waals surface area (Å²) in [6.45, 7) is 4.15. The highest BCUT2D eigenvalue weighted by molar-refractivity contribution is 5.96. The molecule has 0 atom stereocenters. The van der Waals surface area contributed by atoms with Crippen molar-refractivity contribution in [3.05, 3.63) is 53.1 Å². The molecule has 19 heavy (non-hydrogen) atoms. The van der Waals surface area contributed by atoms with Crippen molar-refractivity contribution in [3.63, 3.8) is 0 Å². The third-order valence-electron chi connectivity index (χ3n) is 3.30. The lowest BCUT2D eigenvalue weighted by Gasteiger charge is -2.09. The number of rotatable bonds is 2. The van der Waals surface area contributed by atoms with E-state index in [1.807, 2.05) is 6.07 Å². The van der Waals surface area contributed by atoms with Gasteiger partial charge in [-0.3, -0.25) is 0 Å². The van der Waals surface area contributed by atoms with E-state index in [1.54, 1.807) is 12.1 Å². The summed E-state index contributed by atoms with van der Waals surface area (Å²) in [6.07, 6.45) is 0. The third-order valence-corrected chi connectivity index (χ3v) is 3.30. The second-order valence-corrected chi connectivity index (χ2v) is 4.59. The molecule has 2 N–H and O–H groups in total. The van der Waals surface area contributed by atoms with Crippen LogP contribution in [0.3, 0.4) is 0 Å². The molecule has 0 amide bonds. The molecule has 0 saturated heterocycles. The fourth-order valence-corrected chi connectivity index (χ4v) is 1.96. The summed E-state index contributed by atoms with van der Waals surface area (Å²) in [5, 5.41) is 0. The Kier molecular flexibility index (Phi) is 3.56. The fourth-order valence-electron chi connectivity index (χ4n) is 1.96. The number of nitrogen functional groups attached to an aromatic ring is 1. The van der Waals surface area contributed by atoms with E-state index < -0.39 is 5.97 Å². The second-order valence-electron chi connectivity index (χ2n) is 4.59. The van der Waals surface area contributed by atoms with Crippen LogP contribution in [0, 0.1) is 13.8 Å². The van der Waals surface area contributed by atoms with Crippen molar-refractivity contribution in [3.8, 4) is 11.1 Å². The van der Waals surface area contributed by atoms with Gasteiger partial charge in [0.05, 0.1) is 12.7 Å². The largest absolute Gasteiger partial charge is 0.465 e. The number of anilines is 1. The highest BCUT2D eigenvalue weighted by Crippen LogP contribution is 2.26. The minimum absolute atomic E-state index is 0.398. The van der Waals surface area contributed by atoms with Gasteiger partial charge in [0, 0.05) is 5.69 Å². The first kappa shape index (κ1) is 13.1. The van der Waals surface area contributed by atoms with Crippen molar-refractivity contribution in [1.29, 1.82) is 0 Å². The average molecular weight is 255 g/mol. The van der Waals surface area contributed by atoms with Crippen molar-refractivity contribution in [2.24, 2.45) is 0 Å². The molecule has 2 rings (SSSR count). The summed E-state index contributed by atoms with van der Waals surface area (Å²) >= 11 is 0. The number of methoxy groups -OCH3 is 1. The van der Waals surface area contributed by atoms with Crippen LogP contribution in [0.5, 0.6) is 0 Å². The van der Waals surface area contributed by atoms with Crippen molar-refractivity contribution in [1.82, 2.24) is 0 Å². The van der Waals surface area contributed by atoms with Crippen LogP contribution in [0.25, 0.3) is 11.1 Å². The molecule has 0 aliphatic heterocycles. The van der Waals surface area contributed by atoms with Crippen LogP contribution in [0.4, 0.5) is 5.69 Å². The number of carbonyl (C=O) groups is 1. The van der Waals surface area contributed by atoms with Crippen LogP contribution >= 0.6 is 0 Å². The number of hydrogen-bond donors (Lipinski definition) is 1. The summed E-state index contributed by atoms with van der Waals surface area (Å²) in [5.41, 5.74) is 11.3. The topological polar surface area (TPSA) is 52.3 Å². The maximum Gasteiger partial charge on any atom is 0.339 e. The molecule has 3 heteroatoms. The summed E-state index contributed by atoms with van der Waals surface area (Å²) in [6, 6.07) is 11.6. The van der Waals surface area contributed by atoms with E-state index in [2.05, 4.69) is 36.8 Å². The van der Waals surface area contributed by atoms with E-state index in [4.69, 9.17) is 5.73 Å². The van der Waals surface area contributed by atoms with E-state index in [0.717, 1.165) is 11.1 Å². The zero-order valence-electron chi connectivity index (χ0n) is 11.4. The van der Waals surface area contributed by atoms with E-state index >= 15 is 0 Å². The second kappa shape index (κ2) is 5.14. The number of hydrogen-bond acceptors (Lipinski definition) is 3. The Bertz CT molecular complexity index is 633. The molecule has 0 spiro atoms. The van der Waals surface area contributed by atoms with Gasteiger partial charge in [-0.15, -0.1) is 0 Å². The quantitative estimate of drug-likeness (QED) is 0.661. The third kappa shape index (κ3) is 2.60. The number of esters is 1. The Morgan fingerprint density at radius 1 is 1.00 bits per heavy atom. The first-order valence-corrected chi connectivity index (χ1v) is 6.08. The molecular weight excluding hydrogens is 238 g/mol. The Morgan fingerprint density at radius 3 is 2.21 bits per heavy atom. The molecular formula is C16H17NO2. The standard InChI is InChI=1S/C16H17NO2/c1-10-4-5-12(8-11(10)2)13-6-7-14(15(17)9-13)16(18)19-3/h4-9H,17H2,1-3H3. The molecule has 0 saturated carbocycles. The van der Waals surface area contributed by atoms with Gasteiger partial charge in [-0.1, -0.05) is 24.3 Å². The minimum atomic E-state index is -0.413. The molecule has 0 radical (unpaired) electrons. The lowest BCUT2D eigenvalue weighted by atomic mass is 9.99. The lowest BCUT2D eigenvalue weighted by molar-refractivity contribution is 0.0602. The number of aryl methyl sites for hydroxylation is 2. The lowest BCUT2D eigenvalue weighted by Crippen LogP contribution is -2.05. The maximum absolute atomic E-state index is 11.5. The molecule has 98 valence electrons. The van der Waals surface area contributed by atoms with Gasteiger partial charge in [0.2, 0.25) is 0 Å². The van der Waals surface area contributed by atoms with Gasteiger partial charge in [0.15, 0.2) is 0 Å². The Morgan fingerprint density at radius 2 is 1.63 bits per heavy atom. The first-order valence-electron chi connectivity index (χ1n) is 6.08. The molecule has 0 heterocycles. The van der Waals surface area contributed by atoms with Gasteiger partial charge in [-0.05, 0) is 48.2 Å². The smallest absolute Gasteiger partial charge is 0.339 e. The summed E-state index contributed by atoms with van der Waals surface area (Å²) in [5.74, 6) is -0.413. The molecule has 0 aromatic heterocycles. The zero-order valence-corrected chi connectivity index (χ0v) is 11.4. The van der Waals surface area contributed by atoms with Gasteiger partial charge >= 0.3 is 5.97 Å². The predicted octanol–water partition coefficient (Wildman–Crippen LogP) is 3.34. The monoisotopic (exact) mass is 255 g/mol. The molecule has 0 unspecified atom stereocenters. The molecule has 0 bridgehead atoms. The van der Waals surface area contributed by atoms with E-state index in [1.165, 1.54) is 18.2 Å². The van der Waals surface area contributed by atoms with Crippen molar-refractivity contribution < 1.29 is 9.53 Å². The SMILES string of the molecule is COC(=O)c1ccc(-c2ccc(C)c(C)c2)cc1N. The van der Waals surface area contributed by atoms with Gasteiger partial charge in [0.1, 0.15) is 0 Å². The predicted molar refractivity (Wildman–Crippen MR) is 77.1 cm³/mol. The number of benzene rings is 2. The van der Waals surface area contributed by atoms with E-state index in [-0.39, 0.29) is 0 Å². The van der Waals surface area contributed by atoms with Crippen LogP contribution in [0.1, 0.15) is 21.5 Å². The summed E-state index contributed by atoms with van der Waals surface area (Å²) in [7, 11) is 1.35. The highest BCUT2D eigenvalue weighted by atomic mass is 16.5. The van der Waals surface area contributed by atoms with E-state index in [9.17, 15) is 4.79 Å². The Balaban J connectivity index is 2.44. The molecule has 0 aliphatic rings. The van der Waals surface area contributed by atoms with Gasteiger partial charge < -0.3 is 10.5 Å². The van der Waals surface area contributed by atoms with Crippen LogP contribution in [-0.2, 0) is 4.74 Å². The van der Waals surface area contributed by atoms with Crippen LogP contribution in [0.2, 0.25) is 0 Å². The van der Waals surface area contributed by atoms with Gasteiger partial charge in [-0.25, -0.2) is 4.79 Å². The van der Waals surface area contributed by atoms with Crippen LogP contribution < -0.4 is 5.73 Å². The molecule has 0 aliphatic carbocycles. The fraction of sp³-hybridized carbons (Fsp3) is 0.188. The maximum atomic E-state index is 11.5.